The van der Waals surface area contributed by atoms with Gasteiger partial charge < -0.3 is 24.8 Å². The molecule has 14 nitrogen and oxygen atoms in total. The number of esters is 1. The first-order valence-corrected chi connectivity index (χ1v) is 13.7. The molecule has 1 aliphatic heterocycles. The number of aromatic nitrogens is 4. The Morgan fingerprint density at radius 1 is 1.36 bits per heavy atom. The van der Waals surface area contributed by atoms with Crippen molar-refractivity contribution in [3.8, 4) is 5.75 Å². The van der Waals surface area contributed by atoms with Gasteiger partial charge >= 0.3 is 13.7 Å². The van der Waals surface area contributed by atoms with Crippen LogP contribution in [0.25, 0.3) is 11.2 Å². The van der Waals surface area contributed by atoms with Gasteiger partial charge in [0.2, 0.25) is 5.95 Å². The van der Waals surface area contributed by atoms with Gasteiger partial charge in [-0.3, -0.25) is 28.1 Å². The number of nitrogens with one attached hydrogen (secondary N) is 2. The third-order valence-electron chi connectivity index (χ3n) is 6.57. The van der Waals surface area contributed by atoms with Crippen LogP contribution in [0.4, 0.5) is 10.3 Å². The maximum absolute atomic E-state index is 14.6. The molecular formula is C23H28FN6O8P. The topological polar surface area (TPSA) is 193 Å². The molecule has 5 N–H and O–H groups in total. The molecule has 39 heavy (non-hydrogen) atoms. The number of aromatic amines is 1. The highest BCUT2D eigenvalue weighted by Crippen LogP contribution is 2.66. The van der Waals surface area contributed by atoms with E-state index in [0.29, 0.717) is 0 Å². The molecule has 2 aromatic heterocycles. The average molecular weight is 566 g/mol. The van der Waals surface area contributed by atoms with Gasteiger partial charge in [-0.05, 0) is 32.9 Å². The van der Waals surface area contributed by atoms with E-state index in [-0.39, 0.29) is 22.9 Å². The van der Waals surface area contributed by atoms with E-state index >= 15 is 0 Å². The van der Waals surface area contributed by atoms with E-state index in [1.165, 1.54) is 30.0 Å². The SMILES string of the molecule is CC(C)OC(=O)[C@@H](C)N[P@](=O)(Oc1ccccc1)OC1[C@H]2O[C@@H](n3cnc4c(=O)[nH]c(N)nc43)[C@H](O)[C@@]12CF. The molecule has 2 fully saturated rings. The van der Waals surface area contributed by atoms with Crippen molar-refractivity contribution in [1.82, 2.24) is 24.6 Å². The Hall–Kier alpha value is -3.36. The Labute approximate surface area is 221 Å². The number of carbonyl (C=O) groups excluding carboxylic acids is 1. The highest BCUT2D eigenvalue weighted by molar-refractivity contribution is 7.52. The van der Waals surface area contributed by atoms with Crippen molar-refractivity contribution in [1.29, 1.82) is 0 Å². The van der Waals surface area contributed by atoms with E-state index in [9.17, 15) is 23.7 Å². The van der Waals surface area contributed by atoms with Gasteiger partial charge in [0.15, 0.2) is 17.4 Å². The third-order valence-corrected chi connectivity index (χ3v) is 8.23. The number of aliphatic hydroxyl groups is 1. The van der Waals surface area contributed by atoms with E-state index in [1.807, 2.05) is 0 Å². The van der Waals surface area contributed by atoms with E-state index in [1.54, 1.807) is 32.0 Å². The van der Waals surface area contributed by atoms with Crippen LogP contribution in [0.15, 0.2) is 41.5 Å². The molecule has 16 heteroatoms. The zero-order valence-electron chi connectivity index (χ0n) is 21.2. The first kappa shape index (κ1) is 27.2. The van der Waals surface area contributed by atoms with E-state index in [4.69, 9.17) is 24.3 Å². The third kappa shape index (κ3) is 4.80. The number of imidazole rings is 1. The molecule has 1 saturated heterocycles. The minimum absolute atomic E-state index is 0.0327. The smallest absolute Gasteiger partial charge is 0.459 e. The van der Waals surface area contributed by atoms with Crippen molar-refractivity contribution in [3.05, 3.63) is 47.0 Å². The Morgan fingerprint density at radius 3 is 2.72 bits per heavy atom. The van der Waals surface area contributed by atoms with Crippen molar-refractivity contribution >= 4 is 30.8 Å². The van der Waals surface area contributed by atoms with Gasteiger partial charge in [0.1, 0.15) is 36.8 Å². The molecule has 1 aromatic carbocycles. The van der Waals surface area contributed by atoms with Crippen molar-refractivity contribution in [2.45, 2.75) is 57.5 Å². The van der Waals surface area contributed by atoms with Crippen LogP contribution in [0.2, 0.25) is 0 Å². The zero-order valence-corrected chi connectivity index (χ0v) is 22.1. The summed E-state index contributed by atoms with van der Waals surface area (Å²) >= 11 is 0. The van der Waals surface area contributed by atoms with Crippen LogP contribution in [-0.2, 0) is 23.4 Å². The first-order valence-electron chi connectivity index (χ1n) is 12.1. The molecule has 7 atom stereocenters. The number of ether oxygens (including phenoxy) is 2. The second kappa shape index (κ2) is 9.99. The number of nitrogens with zero attached hydrogens (tertiary/aromatic N) is 3. The van der Waals surface area contributed by atoms with Gasteiger partial charge in [0.25, 0.3) is 5.56 Å². The quantitative estimate of drug-likeness (QED) is 0.204. The number of halogens is 1. The van der Waals surface area contributed by atoms with E-state index < -0.39 is 68.1 Å². The number of alkyl halides is 1. The standard InChI is InChI=1S/C23H28FN6O8P/c1-11(2)35-21(33)12(3)29-39(34,37-13-7-5-4-6-8-13)38-17-16-23(17,9-24)15(31)20(36-16)30-10-26-14-18(30)27-22(25)28-19(14)32/h4-8,10-12,15-17,20,31H,9H2,1-3H3,(H,29,34)(H3,25,27,28,32)/t12-,15+,16-,17?,20-,23-,39+/m1/s1. The van der Waals surface area contributed by atoms with Gasteiger partial charge in [0, 0.05) is 0 Å². The van der Waals surface area contributed by atoms with Crippen molar-refractivity contribution in [2.75, 3.05) is 12.4 Å². The van der Waals surface area contributed by atoms with Gasteiger partial charge in [-0.25, -0.2) is 9.55 Å². The van der Waals surface area contributed by atoms with Crippen LogP contribution in [0.3, 0.4) is 0 Å². The summed E-state index contributed by atoms with van der Waals surface area (Å²) in [6.07, 6.45) is -4.17. The van der Waals surface area contributed by atoms with Crippen LogP contribution in [0.5, 0.6) is 5.75 Å². The molecule has 1 saturated carbocycles. The number of aliphatic hydroxyl groups excluding tert-OH is 1. The highest BCUT2D eigenvalue weighted by atomic mass is 31.2. The number of hydrogen-bond acceptors (Lipinski definition) is 11. The van der Waals surface area contributed by atoms with E-state index in [0.717, 1.165) is 0 Å². The molecule has 0 amide bonds. The number of H-pyrrole nitrogens is 1. The number of carbonyl (C=O) groups is 1. The minimum Gasteiger partial charge on any atom is -0.462 e. The summed E-state index contributed by atoms with van der Waals surface area (Å²) in [6.45, 7) is 3.64. The fourth-order valence-electron chi connectivity index (χ4n) is 4.62. The fraction of sp³-hybridized carbons (Fsp3) is 0.478. The van der Waals surface area contributed by atoms with Crippen molar-refractivity contribution in [2.24, 2.45) is 5.41 Å². The lowest BCUT2D eigenvalue weighted by Gasteiger charge is -2.28. The summed E-state index contributed by atoms with van der Waals surface area (Å²) in [5.41, 5.74) is 3.42. The van der Waals surface area contributed by atoms with Gasteiger partial charge in [-0.2, -0.15) is 10.1 Å². The summed E-state index contributed by atoms with van der Waals surface area (Å²) < 4.78 is 52.2. The highest BCUT2D eigenvalue weighted by Gasteiger charge is 2.79. The van der Waals surface area contributed by atoms with E-state index in [2.05, 4.69) is 20.0 Å². The molecule has 0 bridgehead atoms. The van der Waals surface area contributed by atoms with Gasteiger partial charge in [0.05, 0.1) is 17.8 Å². The molecule has 1 aliphatic carbocycles. The number of benzene rings is 1. The lowest BCUT2D eigenvalue weighted by molar-refractivity contribution is -0.149. The number of nitrogen functional groups attached to an aromatic ring is 1. The molecule has 0 spiro atoms. The summed E-state index contributed by atoms with van der Waals surface area (Å²) in [5.74, 6) is -0.716. The molecule has 0 radical (unpaired) electrons. The Balaban J connectivity index is 1.39. The lowest BCUT2D eigenvalue weighted by atomic mass is 10.0. The summed E-state index contributed by atoms with van der Waals surface area (Å²) in [7, 11) is -4.36. The maximum Gasteiger partial charge on any atom is 0.459 e. The molecule has 5 rings (SSSR count). The first-order chi connectivity index (χ1) is 18.5. The molecular weight excluding hydrogens is 538 g/mol. The number of para-hydroxylation sites is 1. The van der Waals surface area contributed by atoms with Crippen LogP contribution in [-0.4, -0.2) is 67.7 Å². The Kier molecular flexibility index (Phi) is 6.97. The van der Waals surface area contributed by atoms with Gasteiger partial charge in [-0.1, -0.05) is 18.2 Å². The molecule has 3 heterocycles. The van der Waals surface area contributed by atoms with Crippen LogP contribution in [0.1, 0.15) is 27.0 Å². The van der Waals surface area contributed by atoms with Crippen LogP contribution < -0.4 is 20.9 Å². The normalized spacial score (nSPS) is 28.2. The lowest BCUT2D eigenvalue weighted by Crippen LogP contribution is -2.38. The molecule has 2 aliphatic rings. The fourth-order valence-corrected chi connectivity index (χ4v) is 6.36. The number of nitrogens with two attached hydrogens (primary N) is 1. The van der Waals surface area contributed by atoms with Crippen LogP contribution in [0, 0.1) is 5.41 Å². The second-order valence-electron chi connectivity index (χ2n) is 9.68. The second-order valence-corrected chi connectivity index (χ2v) is 11.3. The predicted octanol–water partition coefficient (Wildman–Crippen LogP) is 1.43. The zero-order chi connectivity index (χ0) is 28.1. The number of anilines is 1. The van der Waals surface area contributed by atoms with Crippen molar-refractivity contribution < 1.29 is 37.4 Å². The average Bonchev–Trinajstić information content (AvgIpc) is 3.11. The molecule has 1 unspecified atom stereocenters. The van der Waals surface area contributed by atoms with Gasteiger partial charge in [-0.15, -0.1) is 0 Å². The van der Waals surface area contributed by atoms with Crippen molar-refractivity contribution in [3.63, 3.8) is 0 Å². The summed E-state index contributed by atoms with van der Waals surface area (Å²) in [6, 6.07) is 6.94. The van der Waals surface area contributed by atoms with Crippen LogP contribution >= 0.6 is 7.75 Å². The molecule has 210 valence electrons. The summed E-state index contributed by atoms with van der Waals surface area (Å²) in [5, 5.41) is 13.7. The summed E-state index contributed by atoms with van der Waals surface area (Å²) in [4.78, 5) is 34.9. The largest absolute Gasteiger partial charge is 0.462 e. The minimum atomic E-state index is -4.36. The number of rotatable bonds is 10. The maximum atomic E-state index is 14.6. The molecule has 3 aromatic rings. The number of fused-ring (bicyclic) bond motifs is 2. The number of hydrogen-bond donors (Lipinski definition) is 4. The Bertz CT molecular complexity index is 1480. The monoisotopic (exact) mass is 566 g/mol. The Morgan fingerprint density at radius 2 is 2.08 bits per heavy atom. The predicted molar refractivity (Wildman–Crippen MR) is 134 cm³/mol.